The standard InChI is InChI=1S/C40H60N6O10Si2/c1-7-51-57(52-8-2,53-9-3)29-13-27-41-39(49)45-35-23-19-33(20-24-35)43-37(47)31-15-17-32(18-16-31)38(48)44-34-21-25-36(26-22-34)46-40(50)42-28-14-30-58(54-10-4,55-11-5)56-12-6/h15-26H,7-14,27-30H2,1-6H3,(H,43,47)(H,44,48)(H2,41,45,49)(H2,42,46,50). The molecule has 3 aromatic carbocycles. The first kappa shape index (κ1) is 47.7. The molecule has 0 atom stereocenters. The van der Waals surface area contributed by atoms with E-state index in [1.807, 2.05) is 41.5 Å². The Bertz CT molecular complexity index is 1540. The van der Waals surface area contributed by atoms with Crippen LogP contribution < -0.4 is 31.9 Å². The number of urea groups is 2. The molecule has 6 N–H and O–H groups in total. The molecule has 0 aromatic heterocycles. The summed E-state index contributed by atoms with van der Waals surface area (Å²) in [6, 6.07) is 20.2. The number of carbonyl (C=O) groups excluding carboxylic acids is 4. The van der Waals surface area contributed by atoms with Crippen molar-refractivity contribution in [2.24, 2.45) is 0 Å². The van der Waals surface area contributed by atoms with E-state index < -0.39 is 17.6 Å². The summed E-state index contributed by atoms with van der Waals surface area (Å²) in [7, 11) is -5.53. The molecular formula is C40H60N6O10Si2. The largest absolute Gasteiger partial charge is 0.500 e. The highest BCUT2D eigenvalue weighted by molar-refractivity contribution is 6.61. The third kappa shape index (κ3) is 16.3. The third-order valence-electron chi connectivity index (χ3n) is 8.29. The second kappa shape index (κ2) is 25.6. The highest BCUT2D eigenvalue weighted by Crippen LogP contribution is 2.20. The van der Waals surface area contributed by atoms with E-state index in [1.54, 1.807) is 72.8 Å². The Morgan fingerprint density at radius 2 is 0.672 bits per heavy atom. The molecule has 0 aliphatic heterocycles. The highest BCUT2D eigenvalue weighted by Gasteiger charge is 2.40. The van der Waals surface area contributed by atoms with Crippen molar-refractivity contribution in [3.8, 4) is 0 Å². The quantitative estimate of drug-likeness (QED) is 0.0352. The van der Waals surface area contributed by atoms with Crippen molar-refractivity contribution in [2.45, 2.75) is 66.5 Å². The number of benzene rings is 3. The summed E-state index contributed by atoms with van der Waals surface area (Å²) in [5, 5.41) is 16.9. The van der Waals surface area contributed by atoms with Gasteiger partial charge in [-0.2, -0.15) is 0 Å². The maximum Gasteiger partial charge on any atom is 0.500 e. The first-order valence-electron chi connectivity index (χ1n) is 19.9. The zero-order chi connectivity index (χ0) is 42.2. The van der Waals surface area contributed by atoms with Gasteiger partial charge in [-0.3, -0.25) is 9.59 Å². The lowest BCUT2D eigenvalue weighted by molar-refractivity contribution is 0.0701. The summed E-state index contributed by atoms with van der Waals surface area (Å²) in [5.74, 6) is -0.723. The molecule has 0 radical (unpaired) electrons. The number of carbonyl (C=O) groups is 4. The van der Waals surface area contributed by atoms with Crippen molar-refractivity contribution >= 4 is 64.2 Å². The summed E-state index contributed by atoms with van der Waals surface area (Å²) in [5.41, 5.74) is 2.88. The molecule has 6 amide bonds. The molecule has 58 heavy (non-hydrogen) atoms. The average Bonchev–Trinajstić information content (AvgIpc) is 3.20. The molecule has 0 bridgehead atoms. The first-order valence-corrected chi connectivity index (χ1v) is 23.8. The predicted molar refractivity (Wildman–Crippen MR) is 229 cm³/mol. The highest BCUT2D eigenvalue weighted by atomic mass is 28.4. The normalized spacial score (nSPS) is 11.4. The van der Waals surface area contributed by atoms with E-state index in [1.165, 1.54) is 0 Å². The second-order valence-corrected chi connectivity index (χ2v) is 18.0. The van der Waals surface area contributed by atoms with E-state index in [0.717, 1.165) is 0 Å². The average molecular weight is 841 g/mol. The van der Waals surface area contributed by atoms with Crippen LogP contribution in [0.3, 0.4) is 0 Å². The molecule has 0 fully saturated rings. The SMILES string of the molecule is CCO[Si](CCCNC(=O)Nc1ccc(NC(=O)c2ccc(C(=O)Nc3ccc(NC(=O)NCCC[Si](OCC)(OCC)OCC)cc3)cc2)cc1)(OCC)OCC. The summed E-state index contributed by atoms with van der Waals surface area (Å²) >= 11 is 0. The number of rotatable bonds is 26. The topological polar surface area (TPSA) is 196 Å². The molecule has 0 saturated heterocycles. The van der Waals surface area contributed by atoms with Gasteiger partial charge in [-0.25, -0.2) is 9.59 Å². The maximum absolute atomic E-state index is 12.9. The zero-order valence-corrected chi connectivity index (χ0v) is 36.5. The minimum absolute atomic E-state index is 0.358. The van der Waals surface area contributed by atoms with Crippen molar-refractivity contribution in [1.82, 2.24) is 10.6 Å². The molecule has 0 aliphatic rings. The number of amides is 6. The van der Waals surface area contributed by atoms with Crippen molar-refractivity contribution in [2.75, 3.05) is 74.0 Å². The number of nitrogens with one attached hydrogen (secondary N) is 6. The van der Waals surface area contributed by atoms with Gasteiger partial charge in [0.1, 0.15) is 0 Å². The molecule has 18 heteroatoms. The molecular weight excluding hydrogens is 781 g/mol. The van der Waals surface area contributed by atoms with Crippen LogP contribution in [0.15, 0.2) is 72.8 Å². The number of hydrogen-bond donors (Lipinski definition) is 6. The van der Waals surface area contributed by atoms with Crippen LogP contribution in [0.4, 0.5) is 32.3 Å². The molecule has 16 nitrogen and oxygen atoms in total. The Labute approximate surface area is 344 Å². The predicted octanol–water partition coefficient (Wildman–Crippen LogP) is 7.31. The fourth-order valence-corrected chi connectivity index (χ4v) is 11.0. The van der Waals surface area contributed by atoms with Gasteiger partial charge < -0.3 is 58.5 Å². The molecule has 0 aliphatic carbocycles. The van der Waals surface area contributed by atoms with Crippen LogP contribution in [0, 0.1) is 0 Å². The van der Waals surface area contributed by atoms with Gasteiger partial charge >= 0.3 is 29.7 Å². The van der Waals surface area contributed by atoms with Gasteiger partial charge in [0, 0.05) is 98.7 Å². The van der Waals surface area contributed by atoms with Crippen molar-refractivity contribution < 1.29 is 45.7 Å². The summed E-state index contributed by atoms with van der Waals surface area (Å²) in [4.78, 5) is 50.8. The summed E-state index contributed by atoms with van der Waals surface area (Å²) in [6.45, 7) is 15.2. The Morgan fingerprint density at radius 3 is 0.931 bits per heavy atom. The third-order valence-corrected chi connectivity index (χ3v) is 14.6. The lowest BCUT2D eigenvalue weighted by Crippen LogP contribution is -2.46. The van der Waals surface area contributed by atoms with Gasteiger partial charge in [-0.05, 0) is 127 Å². The smallest absolute Gasteiger partial charge is 0.374 e. The second-order valence-electron chi connectivity index (χ2n) is 12.6. The maximum atomic E-state index is 12.9. The van der Waals surface area contributed by atoms with Gasteiger partial charge in [0.15, 0.2) is 0 Å². The molecule has 318 valence electrons. The van der Waals surface area contributed by atoms with Gasteiger partial charge in [-0.15, -0.1) is 0 Å². The Hall–Kier alpha value is -4.67. The Balaban J connectivity index is 1.41. The van der Waals surface area contributed by atoms with Gasteiger partial charge in [-0.1, -0.05) is 0 Å². The fraction of sp³-hybridized carbons (Fsp3) is 0.450. The summed E-state index contributed by atoms with van der Waals surface area (Å²) < 4.78 is 35.1. The molecule has 0 unspecified atom stereocenters. The van der Waals surface area contributed by atoms with Crippen LogP contribution in [0.5, 0.6) is 0 Å². The summed E-state index contributed by atoms with van der Waals surface area (Å²) in [6.07, 6.45) is 1.27. The lowest BCUT2D eigenvalue weighted by Gasteiger charge is -2.28. The molecule has 0 heterocycles. The molecule has 0 saturated carbocycles. The molecule has 3 aromatic rings. The van der Waals surface area contributed by atoms with E-state index in [4.69, 9.17) is 26.6 Å². The van der Waals surface area contributed by atoms with E-state index in [9.17, 15) is 19.2 Å². The number of anilines is 4. The van der Waals surface area contributed by atoms with Crippen LogP contribution in [-0.4, -0.2) is 94.2 Å². The van der Waals surface area contributed by atoms with E-state index in [-0.39, 0.29) is 23.9 Å². The van der Waals surface area contributed by atoms with Crippen LogP contribution in [0.1, 0.15) is 75.1 Å². The van der Waals surface area contributed by atoms with Gasteiger partial charge in [0.25, 0.3) is 11.8 Å². The number of hydrogen-bond acceptors (Lipinski definition) is 10. The minimum atomic E-state index is -2.77. The Morgan fingerprint density at radius 1 is 0.414 bits per heavy atom. The van der Waals surface area contributed by atoms with Crippen molar-refractivity contribution in [1.29, 1.82) is 0 Å². The monoisotopic (exact) mass is 840 g/mol. The lowest BCUT2D eigenvalue weighted by atomic mass is 10.1. The van der Waals surface area contributed by atoms with E-state index >= 15 is 0 Å². The fourth-order valence-electron chi connectivity index (χ4n) is 5.82. The van der Waals surface area contributed by atoms with Crippen LogP contribution in [0.2, 0.25) is 12.1 Å². The van der Waals surface area contributed by atoms with Crippen molar-refractivity contribution in [3.05, 3.63) is 83.9 Å². The molecule has 0 spiro atoms. The minimum Gasteiger partial charge on any atom is -0.374 e. The Kier molecular flexibility index (Phi) is 21.1. The van der Waals surface area contributed by atoms with E-state index in [0.29, 0.717) is 112 Å². The van der Waals surface area contributed by atoms with Crippen LogP contribution in [0.25, 0.3) is 0 Å². The van der Waals surface area contributed by atoms with Gasteiger partial charge in [0.05, 0.1) is 0 Å². The first-order chi connectivity index (χ1) is 28.0. The molecule has 3 rings (SSSR count). The van der Waals surface area contributed by atoms with E-state index in [2.05, 4.69) is 31.9 Å². The van der Waals surface area contributed by atoms with Gasteiger partial charge in [0.2, 0.25) is 0 Å². The van der Waals surface area contributed by atoms with Crippen molar-refractivity contribution in [3.63, 3.8) is 0 Å². The zero-order valence-electron chi connectivity index (χ0n) is 34.5. The van der Waals surface area contributed by atoms with Crippen LogP contribution in [-0.2, 0) is 26.6 Å². The van der Waals surface area contributed by atoms with Crippen LogP contribution >= 0.6 is 0 Å².